The summed E-state index contributed by atoms with van der Waals surface area (Å²) in [6, 6.07) is 0. The van der Waals surface area contributed by atoms with Crippen molar-refractivity contribution in [1.82, 2.24) is 10.2 Å². The van der Waals surface area contributed by atoms with Gasteiger partial charge in [-0.1, -0.05) is 0 Å². The molecule has 6 nitrogen and oxygen atoms in total. The Kier molecular flexibility index (Phi) is 6.21. The Labute approximate surface area is 111 Å². The van der Waals surface area contributed by atoms with E-state index >= 15 is 0 Å². The lowest BCUT2D eigenvalue weighted by Gasteiger charge is -2.14. The lowest BCUT2D eigenvalue weighted by molar-refractivity contribution is -0.138. The van der Waals surface area contributed by atoms with E-state index in [2.05, 4.69) is 5.32 Å². The van der Waals surface area contributed by atoms with Crippen molar-refractivity contribution >= 4 is 36.5 Å². The maximum atomic E-state index is 11.8. The van der Waals surface area contributed by atoms with Crippen molar-refractivity contribution in [3.05, 3.63) is 0 Å². The number of likely N-dealkylation sites (tertiary alicyclic amines) is 1. The van der Waals surface area contributed by atoms with Crippen LogP contribution in [0.25, 0.3) is 0 Å². The van der Waals surface area contributed by atoms with E-state index in [9.17, 15) is 14.4 Å². The molecule has 1 unspecified atom stereocenters. The first-order valence-corrected chi connectivity index (χ1v) is 7.01. The molecule has 8 heteroatoms. The number of nitrogens with one attached hydrogen (secondary N) is 1. The third-order valence-corrected chi connectivity index (χ3v) is 3.62. The first-order valence-electron chi connectivity index (χ1n) is 5.72. The molecular formula is C10H17BN2O4S. The van der Waals surface area contributed by atoms with E-state index in [1.165, 1.54) is 16.5 Å². The van der Waals surface area contributed by atoms with Crippen LogP contribution in [0.5, 0.6) is 0 Å². The molecule has 3 amide bonds. The Bertz CT molecular complexity index is 340. The SMILES string of the molecule is BSC1CC(=O)N(CCC(=O)NCCOC)C1=O. The van der Waals surface area contributed by atoms with Gasteiger partial charge >= 0.3 is 0 Å². The van der Waals surface area contributed by atoms with Gasteiger partial charge in [0.05, 0.1) is 11.9 Å². The summed E-state index contributed by atoms with van der Waals surface area (Å²) in [5.41, 5.74) is 0. The van der Waals surface area contributed by atoms with E-state index in [0.29, 0.717) is 13.2 Å². The monoisotopic (exact) mass is 272 g/mol. The molecule has 0 radical (unpaired) electrons. The van der Waals surface area contributed by atoms with E-state index < -0.39 is 0 Å². The Balaban J connectivity index is 2.32. The van der Waals surface area contributed by atoms with Crippen molar-refractivity contribution < 1.29 is 19.1 Å². The highest BCUT2D eigenvalue weighted by molar-refractivity contribution is 8.20. The van der Waals surface area contributed by atoms with Crippen LogP contribution in [0.15, 0.2) is 0 Å². The predicted molar refractivity (Wildman–Crippen MR) is 70.8 cm³/mol. The van der Waals surface area contributed by atoms with Crippen molar-refractivity contribution in [1.29, 1.82) is 0 Å². The highest BCUT2D eigenvalue weighted by Gasteiger charge is 2.37. The normalized spacial score (nSPS) is 19.4. The molecule has 0 spiro atoms. The molecule has 1 saturated heterocycles. The number of rotatable bonds is 7. The van der Waals surface area contributed by atoms with Crippen molar-refractivity contribution in [3.63, 3.8) is 0 Å². The predicted octanol–water partition coefficient (Wildman–Crippen LogP) is -1.45. The summed E-state index contributed by atoms with van der Waals surface area (Å²) in [7, 11) is 3.35. The van der Waals surface area contributed by atoms with Crippen LogP contribution in [0, 0.1) is 0 Å². The Hall–Kier alpha value is -1.02. The topological polar surface area (TPSA) is 75.7 Å². The molecule has 1 aliphatic rings. The minimum atomic E-state index is -0.283. The summed E-state index contributed by atoms with van der Waals surface area (Å²) in [6.45, 7) is 1.04. The fourth-order valence-corrected chi connectivity index (χ4v) is 2.30. The highest BCUT2D eigenvalue weighted by atomic mass is 32.2. The summed E-state index contributed by atoms with van der Waals surface area (Å²) in [4.78, 5) is 35.9. The Morgan fingerprint density at radius 1 is 1.61 bits per heavy atom. The van der Waals surface area contributed by atoms with E-state index in [1.807, 2.05) is 0 Å². The number of hydrogen-bond acceptors (Lipinski definition) is 5. The Morgan fingerprint density at radius 2 is 2.33 bits per heavy atom. The van der Waals surface area contributed by atoms with Crippen molar-refractivity contribution in [2.24, 2.45) is 0 Å². The van der Waals surface area contributed by atoms with Gasteiger partial charge < -0.3 is 10.1 Å². The van der Waals surface area contributed by atoms with Crippen LogP contribution in [0.2, 0.25) is 0 Å². The molecule has 1 rings (SSSR count). The number of carbonyl (C=O) groups is 3. The van der Waals surface area contributed by atoms with E-state index in [1.54, 1.807) is 14.2 Å². The summed E-state index contributed by atoms with van der Waals surface area (Å²) in [5.74, 6) is -0.554. The molecule has 0 aromatic carbocycles. The van der Waals surface area contributed by atoms with Crippen LogP contribution >= 0.6 is 11.6 Å². The average Bonchev–Trinajstić information content (AvgIpc) is 2.62. The molecule has 0 aromatic rings. The number of hydrogen-bond donors (Lipinski definition) is 1. The van der Waals surface area contributed by atoms with Gasteiger partial charge in [-0.25, -0.2) is 11.6 Å². The third kappa shape index (κ3) is 4.02. The molecule has 0 aliphatic carbocycles. The zero-order chi connectivity index (χ0) is 13.5. The van der Waals surface area contributed by atoms with Gasteiger partial charge in [-0.2, -0.15) is 0 Å². The van der Waals surface area contributed by atoms with E-state index in [-0.39, 0.29) is 42.4 Å². The molecule has 1 N–H and O–H groups in total. The third-order valence-electron chi connectivity index (χ3n) is 2.68. The first-order chi connectivity index (χ1) is 8.60. The minimum absolute atomic E-state index is 0.141. The molecule has 1 aliphatic heterocycles. The van der Waals surface area contributed by atoms with E-state index in [0.717, 1.165) is 0 Å². The molecule has 1 fully saturated rings. The first kappa shape index (κ1) is 15.0. The number of carbonyl (C=O) groups excluding carboxylic acids is 3. The van der Waals surface area contributed by atoms with Crippen LogP contribution in [0.1, 0.15) is 12.8 Å². The molecule has 0 aromatic heterocycles. The van der Waals surface area contributed by atoms with Crippen molar-refractivity contribution in [3.8, 4) is 0 Å². The van der Waals surface area contributed by atoms with Crippen LogP contribution in [-0.4, -0.2) is 61.8 Å². The number of imide groups is 1. The number of amides is 3. The van der Waals surface area contributed by atoms with Crippen molar-refractivity contribution in [2.75, 3.05) is 26.8 Å². The van der Waals surface area contributed by atoms with Crippen molar-refractivity contribution in [2.45, 2.75) is 18.1 Å². The zero-order valence-electron chi connectivity index (χ0n) is 10.6. The number of ether oxygens (including phenoxy) is 1. The molecule has 1 heterocycles. The van der Waals surface area contributed by atoms with Gasteiger partial charge in [0.15, 0.2) is 7.12 Å². The van der Waals surface area contributed by atoms with Gasteiger partial charge in [-0.3, -0.25) is 19.3 Å². The summed E-state index contributed by atoms with van der Waals surface area (Å²) >= 11 is 1.37. The van der Waals surface area contributed by atoms with E-state index in [4.69, 9.17) is 4.74 Å². The second-order valence-electron chi connectivity index (χ2n) is 3.90. The smallest absolute Gasteiger partial charge is 0.241 e. The molecule has 18 heavy (non-hydrogen) atoms. The maximum absolute atomic E-state index is 11.8. The molecule has 0 bridgehead atoms. The standard InChI is InChI=1S/C10H17BN2O4S/c1-17-5-3-12-8(14)2-4-13-9(15)6-7(18-11)10(13)16/h7H,2-6,11H2,1H3,(H,12,14). The molecular weight excluding hydrogens is 255 g/mol. The molecule has 100 valence electrons. The van der Waals surface area contributed by atoms with Crippen LogP contribution in [0.4, 0.5) is 0 Å². The van der Waals surface area contributed by atoms with Gasteiger partial charge in [-0.15, -0.1) is 0 Å². The number of nitrogens with zero attached hydrogens (tertiary/aromatic N) is 1. The highest BCUT2D eigenvalue weighted by Crippen LogP contribution is 2.22. The Morgan fingerprint density at radius 3 is 2.89 bits per heavy atom. The zero-order valence-corrected chi connectivity index (χ0v) is 11.4. The molecule has 0 saturated carbocycles. The maximum Gasteiger partial charge on any atom is 0.241 e. The largest absolute Gasteiger partial charge is 0.383 e. The summed E-state index contributed by atoms with van der Waals surface area (Å²) in [6.07, 6.45) is 0.383. The lowest BCUT2D eigenvalue weighted by Crippen LogP contribution is -2.36. The van der Waals surface area contributed by atoms with Crippen LogP contribution < -0.4 is 5.32 Å². The fraction of sp³-hybridized carbons (Fsp3) is 0.700. The van der Waals surface area contributed by atoms with Gasteiger partial charge in [-0.05, 0) is 0 Å². The van der Waals surface area contributed by atoms with Gasteiger partial charge in [0, 0.05) is 33.0 Å². The van der Waals surface area contributed by atoms with Crippen LogP contribution in [0.3, 0.4) is 0 Å². The van der Waals surface area contributed by atoms with Crippen LogP contribution in [-0.2, 0) is 19.1 Å². The quantitative estimate of drug-likeness (QED) is 0.348. The second kappa shape index (κ2) is 7.43. The fourth-order valence-electron chi connectivity index (χ4n) is 1.67. The average molecular weight is 272 g/mol. The minimum Gasteiger partial charge on any atom is -0.383 e. The summed E-state index contributed by atoms with van der Waals surface area (Å²) < 4.78 is 4.80. The molecule has 1 atom stereocenters. The van der Waals surface area contributed by atoms with Gasteiger partial charge in [0.2, 0.25) is 17.7 Å². The second-order valence-corrected chi connectivity index (χ2v) is 4.95. The summed E-state index contributed by atoms with van der Waals surface area (Å²) in [5, 5.41) is 2.36. The number of methoxy groups -OCH3 is 1. The lowest BCUT2D eigenvalue weighted by atomic mass is 10.3. The van der Waals surface area contributed by atoms with Gasteiger partial charge in [0.25, 0.3) is 0 Å². The van der Waals surface area contributed by atoms with Gasteiger partial charge in [0.1, 0.15) is 0 Å².